The monoisotopic (exact) mass is 679 g/mol. The molecule has 2 aromatic rings. The molecule has 8 atom stereocenters. The maximum absolute atomic E-state index is 13.7. The molecule has 49 heavy (non-hydrogen) atoms. The van der Waals surface area contributed by atoms with Gasteiger partial charge in [0.05, 0.1) is 31.7 Å². The third-order valence-corrected chi connectivity index (χ3v) is 10.3. The topological polar surface area (TPSA) is 159 Å². The van der Waals surface area contributed by atoms with E-state index in [-0.39, 0.29) is 24.0 Å². The average molecular weight is 680 g/mol. The van der Waals surface area contributed by atoms with Crippen molar-refractivity contribution >= 4 is 31.6 Å². The van der Waals surface area contributed by atoms with Crippen molar-refractivity contribution in [1.82, 2.24) is 35.0 Å². The van der Waals surface area contributed by atoms with E-state index >= 15 is 0 Å². The Morgan fingerprint density at radius 2 is 1.82 bits per heavy atom. The maximum Gasteiger partial charge on any atom is 0.410 e. The molecule has 4 rings (SSSR count). The van der Waals surface area contributed by atoms with Crippen LogP contribution in [0.25, 0.3) is 11.4 Å². The number of ether oxygens (including phenoxy) is 3. The Kier molecular flexibility index (Phi) is 12.2. The minimum Gasteiger partial charge on any atom is -0.458 e. The van der Waals surface area contributed by atoms with Gasteiger partial charge in [0.15, 0.2) is 5.60 Å². The quantitative estimate of drug-likeness (QED) is 0.174. The summed E-state index contributed by atoms with van der Waals surface area (Å²) < 4.78 is 19.7. The van der Waals surface area contributed by atoms with Crippen molar-refractivity contribution < 1.29 is 33.4 Å². The first-order valence-electron chi connectivity index (χ1n) is 17.1. The number of aromatic nitrogens is 5. The molecular weight excluding hydrogens is 629 g/mol. The second kappa shape index (κ2) is 15.8. The summed E-state index contributed by atoms with van der Waals surface area (Å²) in [7, 11) is 8.08. The van der Waals surface area contributed by atoms with Crippen molar-refractivity contribution in [3.63, 3.8) is 0 Å². The Balaban J connectivity index is 1.62. The van der Waals surface area contributed by atoms with Gasteiger partial charge in [-0.25, -0.2) is 4.79 Å². The van der Waals surface area contributed by atoms with Gasteiger partial charge in [0.25, 0.3) is 0 Å². The fraction of sp³-hybridized carbons (Fsp3) is 0.706. The van der Waals surface area contributed by atoms with Gasteiger partial charge >= 0.3 is 12.1 Å². The number of methoxy groups -OCH3 is 1. The highest BCUT2D eigenvalue weighted by atomic mass is 16.6. The molecule has 2 aliphatic rings. The second-order valence-corrected chi connectivity index (χ2v) is 13.9. The molecule has 2 fully saturated rings. The summed E-state index contributed by atoms with van der Waals surface area (Å²) in [5.41, 5.74) is -0.993. The number of rotatable bonds is 8. The first-order chi connectivity index (χ1) is 23.1. The molecule has 266 valence electrons. The van der Waals surface area contributed by atoms with Gasteiger partial charge in [0.1, 0.15) is 29.2 Å². The molecule has 2 aromatic heterocycles. The largest absolute Gasteiger partial charge is 0.458 e. The molecule has 4 heterocycles. The van der Waals surface area contributed by atoms with E-state index in [1.54, 1.807) is 47.0 Å². The van der Waals surface area contributed by atoms with Crippen molar-refractivity contribution in [2.75, 3.05) is 20.2 Å². The fourth-order valence-corrected chi connectivity index (χ4v) is 7.29. The Morgan fingerprint density at radius 1 is 1.10 bits per heavy atom. The van der Waals surface area contributed by atoms with E-state index in [9.17, 15) is 19.2 Å². The smallest absolute Gasteiger partial charge is 0.410 e. The Hall–Kier alpha value is -3.88. The highest BCUT2D eigenvalue weighted by Gasteiger charge is 2.59. The lowest BCUT2D eigenvalue weighted by molar-refractivity contribution is -0.171. The molecular formula is C34H50BN7O7. The third-order valence-electron chi connectivity index (χ3n) is 10.3. The average Bonchev–Trinajstić information content (AvgIpc) is 3.65. The van der Waals surface area contributed by atoms with E-state index in [0.717, 1.165) is 0 Å². The predicted molar refractivity (Wildman–Crippen MR) is 180 cm³/mol. The molecule has 0 aliphatic carbocycles. The molecule has 2 aliphatic heterocycles. The van der Waals surface area contributed by atoms with Crippen LogP contribution in [0.2, 0.25) is 5.82 Å². The third kappa shape index (κ3) is 8.30. The van der Waals surface area contributed by atoms with Crippen molar-refractivity contribution in [3.8, 4) is 11.4 Å². The number of carbonyl (C=O) groups is 4. The molecule has 2 amide bonds. The second-order valence-electron chi connectivity index (χ2n) is 13.9. The number of nitrogens with zero attached hydrogens (tertiary/aromatic N) is 7. The van der Waals surface area contributed by atoms with E-state index in [1.807, 2.05) is 33.8 Å². The van der Waals surface area contributed by atoms with Crippen molar-refractivity contribution in [3.05, 3.63) is 24.5 Å². The summed E-state index contributed by atoms with van der Waals surface area (Å²) >= 11 is 0. The summed E-state index contributed by atoms with van der Waals surface area (Å²) in [6.45, 7) is 13.6. The number of fused-ring (bicyclic) bond motifs is 1. The Labute approximate surface area is 290 Å². The van der Waals surface area contributed by atoms with Crippen LogP contribution in [0.5, 0.6) is 0 Å². The molecule has 0 unspecified atom stereocenters. The molecule has 14 nitrogen and oxygen atoms in total. The van der Waals surface area contributed by atoms with Gasteiger partial charge in [-0.2, -0.15) is 5.10 Å². The number of unbranched alkanes of at least 4 members (excludes halogenated alkanes) is 1. The molecule has 0 saturated carbocycles. The number of amides is 2. The molecule has 2 radical (unpaired) electrons. The number of aryl methyl sites for hydroxylation is 1. The zero-order valence-electron chi connectivity index (χ0n) is 30.0. The Morgan fingerprint density at radius 3 is 2.45 bits per heavy atom. The van der Waals surface area contributed by atoms with Gasteiger partial charge < -0.3 is 19.1 Å². The molecule has 2 saturated heterocycles. The number of hydrogen-bond acceptors (Lipinski definition) is 11. The molecule has 0 N–H and O–H groups in total. The van der Waals surface area contributed by atoms with Crippen LogP contribution in [-0.4, -0.2) is 116 Å². The number of hydrogen-bond donors (Lipinski definition) is 0. The summed E-state index contributed by atoms with van der Waals surface area (Å²) in [6, 6.07) is 2.39. The van der Waals surface area contributed by atoms with E-state index < -0.39 is 53.2 Å². The van der Waals surface area contributed by atoms with Crippen molar-refractivity contribution in [1.29, 1.82) is 0 Å². The van der Waals surface area contributed by atoms with Gasteiger partial charge in [-0.3, -0.25) is 24.0 Å². The van der Waals surface area contributed by atoms with Crippen LogP contribution >= 0.6 is 0 Å². The highest BCUT2D eigenvalue weighted by molar-refractivity contribution is 6.15. The highest BCUT2D eigenvalue weighted by Crippen LogP contribution is 2.41. The first kappa shape index (κ1) is 37.9. The lowest BCUT2D eigenvalue weighted by atomic mass is 9.67. The van der Waals surface area contributed by atoms with Crippen LogP contribution < -0.4 is 0 Å². The summed E-state index contributed by atoms with van der Waals surface area (Å²) in [5.74, 6) is -3.12. The van der Waals surface area contributed by atoms with Gasteiger partial charge in [-0.05, 0) is 77.2 Å². The van der Waals surface area contributed by atoms with Gasteiger partial charge in [0, 0.05) is 46.3 Å². The minimum absolute atomic E-state index is 0.0874. The zero-order chi connectivity index (χ0) is 36.1. The van der Waals surface area contributed by atoms with Gasteiger partial charge in [0.2, 0.25) is 5.91 Å². The number of ketones is 1. The van der Waals surface area contributed by atoms with Crippen molar-refractivity contribution in [2.24, 2.45) is 11.8 Å². The van der Waals surface area contributed by atoms with E-state index in [4.69, 9.17) is 22.1 Å². The minimum atomic E-state index is -1.32. The lowest BCUT2D eigenvalue weighted by Crippen LogP contribution is -2.62. The van der Waals surface area contributed by atoms with Crippen LogP contribution in [0.3, 0.4) is 0 Å². The Bertz CT molecular complexity index is 1480. The van der Waals surface area contributed by atoms with Crippen LogP contribution in [0.15, 0.2) is 24.5 Å². The predicted octanol–water partition coefficient (Wildman–Crippen LogP) is 3.65. The van der Waals surface area contributed by atoms with Crippen LogP contribution in [0.1, 0.15) is 80.6 Å². The number of Topliss-reactive ketones (excluding diaryl/α,β-unsaturated/α-hetero) is 1. The van der Waals surface area contributed by atoms with Crippen molar-refractivity contribution in [2.45, 2.75) is 122 Å². The lowest BCUT2D eigenvalue weighted by Gasteiger charge is -2.44. The standard InChI is InChI=1S/C34H50BN7O7/c1-9-29-34(7)30(41(32(46)49-34)16-11-10-15-40-20-26(38-39-40)25-13-12-14-36-37-25)23(4)42(24(5)43)19-21(2)18-33(6,47-8)28(35)17-27(44)22(3)31(45)48-29/h12-14,20-23,28-30H,9-11,15-19H2,1-8H3/t21-,22-,23-,28-,29-,30-,33+,34-/m1/s1. The molecule has 0 spiro atoms. The maximum atomic E-state index is 13.7. The fourth-order valence-electron chi connectivity index (χ4n) is 7.29. The number of carbonyl (C=O) groups excluding carboxylic acids is 4. The SMILES string of the molecule is [B][C@@H]1CC(=O)[C@@H](C)C(=O)O[C@H](CC)[C@@]2(C)OC(=O)N(CCCCn3cc(-c4cccnn4)nn3)[C@@H]2[C@@H](C)N(C(C)=O)C[C@H](C)C[C@]1(C)OC. The zero-order valence-corrected chi connectivity index (χ0v) is 30.0. The number of cyclic esters (lactones) is 1. The number of esters is 1. The van der Waals surface area contributed by atoms with E-state index in [2.05, 4.69) is 20.5 Å². The van der Waals surface area contributed by atoms with Crippen LogP contribution in [-0.2, 0) is 35.1 Å². The summed E-state index contributed by atoms with van der Waals surface area (Å²) in [6.07, 6.45) is 3.88. The summed E-state index contributed by atoms with van der Waals surface area (Å²) in [4.78, 5) is 57.1. The summed E-state index contributed by atoms with van der Waals surface area (Å²) in [5, 5.41) is 16.4. The normalized spacial score (nSPS) is 31.8. The molecule has 15 heteroatoms. The van der Waals surface area contributed by atoms with Gasteiger partial charge in [-0.15, -0.1) is 10.2 Å². The van der Waals surface area contributed by atoms with Crippen LogP contribution in [0.4, 0.5) is 4.79 Å². The van der Waals surface area contributed by atoms with Crippen LogP contribution in [0, 0.1) is 11.8 Å². The van der Waals surface area contributed by atoms with Gasteiger partial charge in [-0.1, -0.05) is 19.1 Å². The van der Waals surface area contributed by atoms with E-state index in [0.29, 0.717) is 56.7 Å². The first-order valence-corrected chi connectivity index (χ1v) is 17.1. The van der Waals surface area contributed by atoms with E-state index in [1.165, 1.54) is 13.8 Å². The molecule has 0 bridgehead atoms. The molecule has 0 aromatic carbocycles.